The number of thiophene rings is 1. The van der Waals surface area contributed by atoms with E-state index < -0.39 is 0 Å². The first-order chi connectivity index (χ1) is 27.3. The average molecular weight is 738 g/mol. The van der Waals surface area contributed by atoms with E-state index in [9.17, 15) is 0 Å². The van der Waals surface area contributed by atoms with Gasteiger partial charge in [0.25, 0.3) is 0 Å². The Morgan fingerprint density at radius 1 is 0.436 bits per heavy atom. The number of rotatable bonds is 6. The van der Waals surface area contributed by atoms with Crippen LogP contribution < -0.4 is 4.90 Å². The van der Waals surface area contributed by atoms with Crippen molar-refractivity contribution in [3.05, 3.63) is 188 Å². The molecule has 3 nitrogen and oxygen atoms in total. The molecule has 258 valence electrons. The summed E-state index contributed by atoms with van der Waals surface area (Å²) < 4.78 is 2.32. The van der Waals surface area contributed by atoms with Crippen LogP contribution in [0.25, 0.3) is 76.0 Å². The maximum Gasteiger partial charge on any atom is 0.160 e. The van der Waals surface area contributed by atoms with Gasteiger partial charge in [-0.05, 0) is 82.9 Å². The minimum absolute atomic E-state index is 0.732. The van der Waals surface area contributed by atoms with Gasteiger partial charge in [-0.25, -0.2) is 9.97 Å². The van der Waals surface area contributed by atoms with E-state index in [1.807, 2.05) is 11.8 Å². The predicted molar refractivity (Wildman–Crippen MR) is 233 cm³/mol. The topological polar surface area (TPSA) is 29.0 Å². The fourth-order valence-electron chi connectivity index (χ4n) is 7.92. The number of hydrogen-bond acceptors (Lipinski definition) is 5. The molecule has 11 rings (SSSR count). The van der Waals surface area contributed by atoms with E-state index in [1.54, 1.807) is 11.3 Å². The van der Waals surface area contributed by atoms with Crippen LogP contribution >= 0.6 is 23.1 Å². The van der Waals surface area contributed by atoms with Crippen molar-refractivity contribution in [3.63, 3.8) is 0 Å². The van der Waals surface area contributed by atoms with E-state index in [0.29, 0.717) is 0 Å². The molecule has 0 spiro atoms. The highest BCUT2D eigenvalue weighted by Crippen LogP contribution is 2.52. The van der Waals surface area contributed by atoms with Gasteiger partial charge in [-0.2, -0.15) is 0 Å². The highest BCUT2D eigenvalue weighted by Gasteiger charge is 2.25. The summed E-state index contributed by atoms with van der Waals surface area (Å²) in [6.07, 6.45) is 0. The first-order valence-electron chi connectivity index (χ1n) is 18.4. The molecule has 1 aliphatic heterocycles. The van der Waals surface area contributed by atoms with Gasteiger partial charge < -0.3 is 4.90 Å². The number of nitrogens with zero attached hydrogens (tertiary/aromatic N) is 3. The number of para-hydroxylation sites is 2. The number of anilines is 3. The third kappa shape index (κ3) is 5.43. The zero-order chi connectivity index (χ0) is 36.3. The van der Waals surface area contributed by atoms with Gasteiger partial charge in [0.1, 0.15) is 0 Å². The van der Waals surface area contributed by atoms with Crippen LogP contribution in [0, 0.1) is 0 Å². The summed E-state index contributed by atoms with van der Waals surface area (Å²) in [5.74, 6) is 0.732. The molecule has 10 aromatic rings. The van der Waals surface area contributed by atoms with Crippen LogP contribution in [-0.2, 0) is 0 Å². The van der Waals surface area contributed by atoms with Crippen LogP contribution in [0.2, 0.25) is 0 Å². The SMILES string of the molecule is c1ccc(-c2cccc(-c3nc(-c4ccc5c(c4)-c4cccc6c(N(c7ccccc7)c7ccccc7)ccc(c46)S5)nc4c3sc3ccccc34)c2)cc1. The van der Waals surface area contributed by atoms with E-state index in [1.165, 1.54) is 47.5 Å². The Bertz CT molecular complexity index is 3030. The fraction of sp³-hybridized carbons (Fsp3) is 0. The summed E-state index contributed by atoms with van der Waals surface area (Å²) in [5.41, 5.74) is 12.2. The van der Waals surface area contributed by atoms with Crippen molar-refractivity contribution in [3.8, 4) is 44.9 Å². The summed E-state index contributed by atoms with van der Waals surface area (Å²) in [6, 6.07) is 67.2. The van der Waals surface area contributed by atoms with Crippen molar-refractivity contribution in [1.29, 1.82) is 0 Å². The second-order valence-electron chi connectivity index (χ2n) is 13.7. The summed E-state index contributed by atoms with van der Waals surface area (Å²) in [4.78, 5) is 15.6. The summed E-state index contributed by atoms with van der Waals surface area (Å²) >= 11 is 3.61. The molecule has 0 aliphatic carbocycles. The van der Waals surface area contributed by atoms with Gasteiger partial charge in [0.05, 0.1) is 21.6 Å². The summed E-state index contributed by atoms with van der Waals surface area (Å²) in [7, 11) is 0. The molecule has 0 saturated heterocycles. The standard InChI is InChI=1S/C50H31N3S2/c1-4-14-32(15-5-1)33-16-12-17-34(30-33)47-49-48(40-22-10-11-25-43(40)55-49)52-50(51-47)35-26-28-44-41(31-35)38-23-13-24-39-42(27-29-45(54-44)46(38)39)53(36-18-6-2-7-19-36)37-20-8-3-9-21-37/h1-31H. The Morgan fingerprint density at radius 3 is 1.89 bits per heavy atom. The van der Waals surface area contributed by atoms with Gasteiger partial charge in [0.15, 0.2) is 5.82 Å². The third-order valence-corrected chi connectivity index (χ3v) is 12.8. The van der Waals surface area contributed by atoms with E-state index in [2.05, 4.69) is 193 Å². The van der Waals surface area contributed by atoms with Crippen molar-refractivity contribution < 1.29 is 0 Å². The molecule has 0 amide bonds. The monoisotopic (exact) mass is 737 g/mol. The maximum absolute atomic E-state index is 5.40. The number of hydrogen-bond donors (Lipinski definition) is 0. The van der Waals surface area contributed by atoms with E-state index in [-0.39, 0.29) is 0 Å². The molecule has 0 bridgehead atoms. The van der Waals surface area contributed by atoms with Gasteiger partial charge in [-0.15, -0.1) is 11.3 Å². The molecule has 0 radical (unpaired) electrons. The summed E-state index contributed by atoms with van der Waals surface area (Å²) in [6.45, 7) is 0. The lowest BCUT2D eigenvalue weighted by Gasteiger charge is -2.29. The Morgan fingerprint density at radius 2 is 1.09 bits per heavy atom. The number of aromatic nitrogens is 2. The minimum atomic E-state index is 0.732. The van der Waals surface area contributed by atoms with Gasteiger partial charge >= 0.3 is 0 Å². The van der Waals surface area contributed by atoms with E-state index in [4.69, 9.17) is 9.97 Å². The molecular weight excluding hydrogens is 707 g/mol. The van der Waals surface area contributed by atoms with Crippen LogP contribution in [0.1, 0.15) is 0 Å². The molecule has 0 N–H and O–H groups in total. The first kappa shape index (κ1) is 31.9. The molecule has 0 atom stereocenters. The lowest BCUT2D eigenvalue weighted by Crippen LogP contribution is -2.10. The molecule has 5 heteroatoms. The number of fused-ring (bicyclic) bond motifs is 5. The molecule has 2 aromatic heterocycles. The van der Waals surface area contributed by atoms with Gasteiger partial charge in [0.2, 0.25) is 0 Å². The quantitative estimate of drug-likeness (QED) is 0.170. The van der Waals surface area contributed by atoms with Crippen molar-refractivity contribution in [2.45, 2.75) is 9.79 Å². The van der Waals surface area contributed by atoms with Gasteiger partial charge in [-0.3, -0.25) is 0 Å². The smallest absolute Gasteiger partial charge is 0.160 e. The largest absolute Gasteiger partial charge is 0.310 e. The molecule has 1 aliphatic rings. The van der Waals surface area contributed by atoms with Crippen LogP contribution in [0.15, 0.2) is 198 Å². The second-order valence-corrected chi connectivity index (χ2v) is 15.9. The van der Waals surface area contributed by atoms with Crippen molar-refractivity contribution in [2.75, 3.05) is 4.90 Å². The van der Waals surface area contributed by atoms with Crippen LogP contribution in [0.4, 0.5) is 17.1 Å². The predicted octanol–water partition coefficient (Wildman–Crippen LogP) is 14.6. The Kier molecular flexibility index (Phi) is 7.61. The third-order valence-electron chi connectivity index (χ3n) is 10.5. The molecule has 8 aromatic carbocycles. The number of benzene rings is 8. The first-order valence-corrected chi connectivity index (χ1v) is 20.0. The van der Waals surface area contributed by atoms with Crippen molar-refractivity contribution in [2.24, 2.45) is 0 Å². The maximum atomic E-state index is 5.40. The van der Waals surface area contributed by atoms with Crippen LogP contribution in [0.3, 0.4) is 0 Å². The summed E-state index contributed by atoms with van der Waals surface area (Å²) in [5, 5.41) is 3.65. The molecule has 0 saturated carbocycles. The highest BCUT2D eigenvalue weighted by atomic mass is 32.2. The highest BCUT2D eigenvalue weighted by molar-refractivity contribution is 7.99. The van der Waals surface area contributed by atoms with Crippen molar-refractivity contribution >= 4 is 71.2 Å². The molecule has 0 fully saturated rings. The minimum Gasteiger partial charge on any atom is -0.310 e. The Hall–Kier alpha value is -6.53. The van der Waals surface area contributed by atoms with Crippen molar-refractivity contribution in [1.82, 2.24) is 9.97 Å². The fourth-order valence-corrected chi connectivity index (χ4v) is 10.2. The Balaban J connectivity index is 1.09. The zero-order valence-corrected chi connectivity index (χ0v) is 31.2. The normalized spacial score (nSPS) is 11.9. The molecule has 3 heterocycles. The Labute approximate surface area is 327 Å². The van der Waals surface area contributed by atoms with Crippen LogP contribution in [-0.4, -0.2) is 9.97 Å². The second kappa shape index (κ2) is 13.1. The lowest BCUT2D eigenvalue weighted by atomic mass is 9.94. The van der Waals surface area contributed by atoms with Gasteiger partial charge in [-0.1, -0.05) is 139 Å². The van der Waals surface area contributed by atoms with Gasteiger partial charge in [0, 0.05) is 53.2 Å². The zero-order valence-electron chi connectivity index (χ0n) is 29.6. The average Bonchev–Trinajstić information content (AvgIpc) is 3.64. The molecular formula is C50H31N3S2. The lowest BCUT2D eigenvalue weighted by molar-refractivity contribution is 1.23. The van der Waals surface area contributed by atoms with E-state index >= 15 is 0 Å². The molecule has 0 unspecified atom stereocenters. The van der Waals surface area contributed by atoms with Crippen LogP contribution in [0.5, 0.6) is 0 Å². The van der Waals surface area contributed by atoms with E-state index in [0.717, 1.165) is 55.3 Å². The molecule has 55 heavy (non-hydrogen) atoms.